The number of para-hydroxylation sites is 1. The second kappa shape index (κ2) is 10.3. The maximum atomic E-state index is 13.3. The van der Waals surface area contributed by atoms with E-state index < -0.39 is 5.69 Å². The zero-order chi connectivity index (χ0) is 24.1. The van der Waals surface area contributed by atoms with Crippen LogP contribution in [-0.2, 0) is 24.4 Å². The summed E-state index contributed by atoms with van der Waals surface area (Å²) in [6, 6.07) is 20.9. The number of carbonyl (C=O) groups excluding carboxylic acids is 1. The molecule has 174 valence electrons. The van der Waals surface area contributed by atoms with Crippen molar-refractivity contribution in [2.24, 2.45) is 0 Å². The predicted molar refractivity (Wildman–Crippen MR) is 130 cm³/mol. The van der Waals surface area contributed by atoms with Crippen LogP contribution in [0.5, 0.6) is 0 Å². The Bertz CT molecular complexity index is 1420. The summed E-state index contributed by atoms with van der Waals surface area (Å²) in [5.41, 5.74) is 2.72. The molecule has 0 fully saturated rings. The molecule has 1 amide bonds. The van der Waals surface area contributed by atoms with Crippen molar-refractivity contribution in [1.82, 2.24) is 14.5 Å². The third kappa shape index (κ3) is 5.31. The van der Waals surface area contributed by atoms with Crippen LogP contribution in [0.1, 0.15) is 29.5 Å². The van der Waals surface area contributed by atoms with Gasteiger partial charge in [0.1, 0.15) is 5.82 Å². The van der Waals surface area contributed by atoms with Gasteiger partial charge >= 0.3 is 5.69 Å². The number of aryl methyl sites for hydroxylation is 1. The van der Waals surface area contributed by atoms with Gasteiger partial charge in [-0.3, -0.25) is 18.7 Å². The molecule has 1 aromatic heterocycles. The van der Waals surface area contributed by atoms with E-state index in [1.54, 1.807) is 34.9 Å². The van der Waals surface area contributed by atoms with Crippen molar-refractivity contribution >= 4 is 16.8 Å². The van der Waals surface area contributed by atoms with E-state index in [9.17, 15) is 18.8 Å². The lowest BCUT2D eigenvalue weighted by molar-refractivity contribution is -0.121. The number of nitrogens with zero attached hydrogens (tertiary/aromatic N) is 2. The lowest BCUT2D eigenvalue weighted by Crippen LogP contribution is -2.40. The van der Waals surface area contributed by atoms with Gasteiger partial charge in [-0.2, -0.15) is 0 Å². The molecule has 0 bridgehead atoms. The number of benzene rings is 3. The maximum absolute atomic E-state index is 13.3. The van der Waals surface area contributed by atoms with E-state index >= 15 is 0 Å². The van der Waals surface area contributed by atoms with Gasteiger partial charge in [0.15, 0.2) is 0 Å². The summed E-state index contributed by atoms with van der Waals surface area (Å²) in [6.07, 6.45) is 0.505. The van der Waals surface area contributed by atoms with Gasteiger partial charge in [-0.25, -0.2) is 9.18 Å². The minimum Gasteiger partial charge on any atom is -0.352 e. The highest BCUT2D eigenvalue weighted by atomic mass is 19.1. The average Bonchev–Trinajstić information content (AvgIpc) is 2.84. The molecule has 3 aromatic carbocycles. The van der Waals surface area contributed by atoms with E-state index in [1.807, 2.05) is 37.3 Å². The summed E-state index contributed by atoms with van der Waals surface area (Å²) in [4.78, 5) is 38.6. The van der Waals surface area contributed by atoms with Gasteiger partial charge in [-0.05, 0) is 48.7 Å². The van der Waals surface area contributed by atoms with E-state index in [2.05, 4.69) is 5.32 Å². The number of fused-ring (bicyclic) bond motifs is 1. The Morgan fingerprint density at radius 3 is 2.29 bits per heavy atom. The highest BCUT2D eigenvalue weighted by Crippen LogP contribution is 2.11. The van der Waals surface area contributed by atoms with Gasteiger partial charge < -0.3 is 5.32 Å². The molecule has 0 spiro atoms. The lowest BCUT2D eigenvalue weighted by atomic mass is 10.1. The minimum absolute atomic E-state index is 0.139. The molecule has 34 heavy (non-hydrogen) atoms. The third-order valence-corrected chi connectivity index (χ3v) is 5.78. The van der Waals surface area contributed by atoms with Crippen LogP contribution in [0.2, 0.25) is 0 Å². The fraction of sp³-hybridized carbons (Fsp3) is 0.222. The quantitative estimate of drug-likeness (QED) is 0.436. The van der Waals surface area contributed by atoms with Crippen LogP contribution < -0.4 is 16.6 Å². The molecular formula is C27H26FN3O3. The lowest BCUT2D eigenvalue weighted by Gasteiger charge is -2.14. The zero-order valence-corrected chi connectivity index (χ0v) is 19.0. The van der Waals surface area contributed by atoms with Crippen LogP contribution in [0, 0.1) is 12.7 Å². The van der Waals surface area contributed by atoms with Gasteiger partial charge in [-0.15, -0.1) is 0 Å². The van der Waals surface area contributed by atoms with E-state index in [1.165, 1.54) is 16.7 Å². The van der Waals surface area contributed by atoms with Crippen molar-refractivity contribution in [3.05, 3.63) is 116 Å². The number of amides is 1. The monoisotopic (exact) mass is 459 g/mol. The predicted octanol–water partition coefficient (Wildman–Crippen LogP) is 3.76. The van der Waals surface area contributed by atoms with E-state index in [0.717, 1.165) is 16.7 Å². The summed E-state index contributed by atoms with van der Waals surface area (Å²) >= 11 is 0. The Hall–Kier alpha value is -4.00. The second-order valence-electron chi connectivity index (χ2n) is 8.34. The van der Waals surface area contributed by atoms with E-state index in [-0.39, 0.29) is 30.2 Å². The number of rotatable bonds is 8. The molecule has 7 heteroatoms. The SMILES string of the molecule is Cc1ccc(Cn2c(=O)n(CCCC(=O)NCc3ccc(F)cc3)c(=O)c3ccccc32)cc1. The van der Waals surface area contributed by atoms with Crippen LogP contribution in [0.25, 0.3) is 10.9 Å². The van der Waals surface area contributed by atoms with Gasteiger partial charge in [0.2, 0.25) is 5.91 Å². The number of aromatic nitrogens is 2. The average molecular weight is 460 g/mol. The molecule has 0 saturated heterocycles. The molecule has 1 N–H and O–H groups in total. The highest BCUT2D eigenvalue weighted by molar-refractivity contribution is 5.78. The largest absolute Gasteiger partial charge is 0.352 e. The summed E-state index contributed by atoms with van der Waals surface area (Å²) < 4.78 is 15.8. The normalized spacial score (nSPS) is 11.0. The number of nitrogens with one attached hydrogen (secondary N) is 1. The Morgan fingerprint density at radius 1 is 0.882 bits per heavy atom. The molecule has 0 atom stereocenters. The third-order valence-electron chi connectivity index (χ3n) is 5.78. The van der Waals surface area contributed by atoms with Crippen molar-refractivity contribution in [3.63, 3.8) is 0 Å². The molecule has 1 heterocycles. The van der Waals surface area contributed by atoms with Crippen molar-refractivity contribution in [2.75, 3.05) is 0 Å². The van der Waals surface area contributed by atoms with Gasteiger partial charge in [0, 0.05) is 19.5 Å². The molecule has 6 nitrogen and oxygen atoms in total. The molecule has 0 aliphatic heterocycles. The molecule has 4 rings (SSSR count). The summed E-state index contributed by atoms with van der Waals surface area (Å²) in [6.45, 7) is 2.78. The Balaban J connectivity index is 1.50. The molecule has 0 aliphatic carbocycles. The standard InChI is InChI=1S/C27H26FN3O3/c1-19-8-10-21(11-9-19)18-31-24-6-3-2-5-23(24)26(33)30(27(31)34)16-4-7-25(32)29-17-20-12-14-22(28)15-13-20/h2-3,5-6,8-15H,4,7,16-18H2,1H3,(H,29,32). The van der Waals surface area contributed by atoms with Gasteiger partial charge in [0.05, 0.1) is 17.4 Å². The van der Waals surface area contributed by atoms with E-state index in [0.29, 0.717) is 30.4 Å². The molecule has 0 radical (unpaired) electrons. The summed E-state index contributed by atoms with van der Waals surface area (Å²) in [5, 5.41) is 3.25. The van der Waals surface area contributed by atoms with Crippen molar-refractivity contribution in [3.8, 4) is 0 Å². The minimum atomic E-state index is -0.393. The van der Waals surface area contributed by atoms with E-state index in [4.69, 9.17) is 0 Å². The highest BCUT2D eigenvalue weighted by Gasteiger charge is 2.14. The number of hydrogen-bond acceptors (Lipinski definition) is 3. The first-order valence-electron chi connectivity index (χ1n) is 11.2. The molecule has 4 aromatic rings. The smallest absolute Gasteiger partial charge is 0.331 e. The molecule has 0 aliphatic rings. The Morgan fingerprint density at radius 2 is 1.56 bits per heavy atom. The number of carbonyl (C=O) groups is 1. The van der Waals surface area contributed by atoms with Crippen molar-refractivity contribution in [1.29, 1.82) is 0 Å². The van der Waals surface area contributed by atoms with Gasteiger partial charge in [0.25, 0.3) is 5.56 Å². The fourth-order valence-corrected chi connectivity index (χ4v) is 3.89. The fourth-order valence-electron chi connectivity index (χ4n) is 3.89. The summed E-state index contributed by atoms with van der Waals surface area (Å²) in [5.74, 6) is -0.526. The number of halogens is 1. The topological polar surface area (TPSA) is 73.1 Å². The Kier molecular flexibility index (Phi) is 7.01. The van der Waals surface area contributed by atoms with Crippen LogP contribution in [0.4, 0.5) is 4.39 Å². The molecule has 0 saturated carbocycles. The van der Waals surface area contributed by atoms with Crippen LogP contribution in [0.15, 0.2) is 82.4 Å². The molecule has 0 unspecified atom stereocenters. The van der Waals surface area contributed by atoms with Crippen LogP contribution in [0.3, 0.4) is 0 Å². The maximum Gasteiger partial charge on any atom is 0.331 e. The first-order chi connectivity index (χ1) is 16.4. The van der Waals surface area contributed by atoms with Crippen LogP contribution >= 0.6 is 0 Å². The summed E-state index contributed by atoms with van der Waals surface area (Å²) in [7, 11) is 0. The van der Waals surface area contributed by atoms with Crippen molar-refractivity contribution in [2.45, 2.75) is 39.4 Å². The first-order valence-corrected chi connectivity index (χ1v) is 11.2. The van der Waals surface area contributed by atoms with Crippen molar-refractivity contribution < 1.29 is 9.18 Å². The zero-order valence-electron chi connectivity index (χ0n) is 19.0. The second-order valence-corrected chi connectivity index (χ2v) is 8.34. The van der Waals surface area contributed by atoms with Gasteiger partial charge in [-0.1, -0.05) is 54.1 Å². The molecular weight excluding hydrogens is 433 g/mol. The Labute approximate surface area is 196 Å². The number of hydrogen-bond donors (Lipinski definition) is 1. The first kappa shape index (κ1) is 23.2. The van der Waals surface area contributed by atoms with Crippen LogP contribution in [-0.4, -0.2) is 15.0 Å².